The minimum atomic E-state index is -3.50. The summed E-state index contributed by atoms with van der Waals surface area (Å²) in [7, 11) is -3.50. The number of fused-ring (bicyclic) bond motifs is 2. The summed E-state index contributed by atoms with van der Waals surface area (Å²) in [5.41, 5.74) is 5.15. The maximum absolute atomic E-state index is 12.7. The minimum Gasteiger partial charge on any atom is -0.326 e. The van der Waals surface area contributed by atoms with Crippen molar-refractivity contribution in [1.29, 1.82) is 0 Å². The first-order chi connectivity index (χ1) is 10.2. The second-order valence-corrected chi connectivity index (χ2v) is 9.85. The van der Waals surface area contributed by atoms with Crippen LogP contribution in [0.2, 0.25) is 0 Å². The fourth-order valence-electron chi connectivity index (χ4n) is 5.01. The van der Waals surface area contributed by atoms with Gasteiger partial charge in [0.15, 0.2) is 0 Å². The Morgan fingerprint density at radius 1 is 1.23 bits per heavy atom. The third kappa shape index (κ3) is 2.43. The molecule has 0 spiro atoms. The first-order valence-electron chi connectivity index (χ1n) is 8.47. The van der Waals surface area contributed by atoms with E-state index in [1.807, 2.05) is 0 Å². The quantitative estimate of drug-likeness (QED) is 0.820. The van der Waals surface area contributed by atoms with Gasteiger partial charge in [0.05, 0.1) is 5.75 Å². The smallest absolute Gasteiger partial charge is 0.212 e. The summed E-state index contributed by atoms with van der Waals surface area (Å²) in [4.78, 5) is 12.5. The summed E-state index contributed by atoms with van der Waals surface area (Å²) in [6.45, 7) is 4.13. The first-order valence-corrected chi connectivity index (χ1v) is 10.1. The summed E-state index contributed by atoms with van der Waals surface area (Å²) < 4.78 is 28.2. The van der Waals surface area contributed by atoms with Crippen molar-refractivity contribution in [3.8, 4) is 0 Å². The van der Waals surface area contributed by atoms with Crippen LogP contribution in [0.4, 0.5) is 0 Å². The molecule has 3 N–H and O–H groups in total. The van der Waals surface area contributed by atoms with Gasteiger partial charge in [0.25, 0.3) is 0 Å². The van der Waals surface area contributed by atoms with Crippen LogP contribution < -0.4 is 10.5 Å². The number of nitrogens with two attached hydrogens (primary N) is 1. The van der Waals surface area contributed by atoms with Gasteiger partial charge in [-0.15, -0.1) is 0 Å². The van der Waals surface area contributed by atoms with Crippen LogP contribution in [0.1, 0.15) is 58.8 Å². The van der Waals surface area contributed by atoms with E-state index in [0.717, 1.165) is 32.1 Å². The first kappa shape index (κ1) is 16.4. The molecule has 0 aliphatic heterocycles. The molecule has 0 saturated heterocycles. The standard InChI is InChI=1S/C16H28N2O3S/c1-15(2)11-7-8-16(15,14(19)9-11)10-22(20,21)18-13-6-4-3-5-12(13)17/h11-13,18H,3-10,17H2,1-2H3/t11-,12-,13-,16-/m1/s1. The lowest BCUT2D eigenvalue weighted by atomic mass is 9.70. The highest BCUT2D eigenvalue weighted by molar-refractivity contribution is 7.89. The van der Waals surface area contributed by atoms with Gasteiger partial charge in [-0.2, -0.15) is 0 Å². The van der Waals surface area contributed by atoms with E-state index in [1.54, 1.807) is 0 Å². The molecule has 3 aliphatic carbocycles. The molecule has 5 nitrogen and oxygen atoms in total. The van der Waals surface area contributed by atoms with Gasteiger partial charge in [0.2, 0.25) is 10.0 Å². The third-order valence-corrected chi connectivity index (χ3v) is 8.26. The Kier molecular flexibility index (Phi) is 3.94. The van der Waals surface area contributed by atoms with Crippen LogP contribution in [-0.4, -0.2) is 32.0 Å². The molecule has 0 aromatic rings. The van der Waals surface area contributed by atoms with Gasteiger partial charge in [-0.3, -0.25) is 4.79 Å². The number of hydrogen-bond donors (Lipinski definition) is 2. The maximum atomic E-state index is 12.7. The molecule has 0 aromatic heterocycles. The molecular formula is C16H28N2O3S. The number of carbonyl (C=O) groups excluding carboxylic acids is 1. The Labute approximate surface area is 133 Å². The van der Waals surface area contributed by atoms with Crippen molar-refractivity contribution in [2.24, 2.45) is 22.5 Å². The molecule has 6 heteroatoms. The zero-order valence-corrected chi connectivity index (χ0v) is 14.4. The van der Waals surface area contributed by atoms with E-state index >= 15 is 0 Å². The average Bonchev–Trinajstić information content (AvgIpc) is 2.74. The zero-order valence-electron chi connectivity index (χ0n) is 13.6. The molecule has 2 bridgehead atoms. The molecule has 0 heterocycles. The predicted octanol–water partition coefficient (Wildman–Crippen LogP) is 1.57. The monoisotopic (exact) mass is 328 g/mol. The molecule has 4 atom stereocenters. The number of Topliss-reactive ketones (excluding diaryl/α,β-unsaturated/α-hetero) is 1. The van der Waals surface area contributed by atoms with Crippen molar-refractivity contribution in [3.63, 3.8) is 0 Å². The largest absolute Gasteiger partial charge is 0.326 e. The fraction of sp³-hybridized carbons (Fsp3) is 0.938. The lowest BCUT2D eigenvalue weighted by Gasteiger charge is -2.37. The second kappa shape index (κ2) is 5.28. The van der Waals surface area contributed by atoms with E-state index in [-0.39, 0.29) is 29.0 Å². The summed E-state index contributed by atoms with van der Waals surface area (Å²) in [6, 6.07) is -0.281. The van der Waals surface area contributed by atoms with Gasteiger partial charge < -0.3 is 5.73 Å². The van der Waals surface area contributed by atoms with Crippen molar-refractivity contribution in [2.75, 3.05) is 5.75 Å². The van der Waals surface area contributed by atoms with Gasteiger partial charge in [0, 0.05) is 23.9 Å². The van der Waals surface area contributed by atoms with Crippen molar-refractivity contribution < 1.29 is 13.2 Å². The predicted molar refractivity (Wildman–Crippen MR) is 85.7 cm³/mol. The van der Waals surface area contributed by atoms with E-state index in [1.165, 1.54) is 0 Å². The fourth-order valence-corrected chi connectivity index (χ4v) is 7.17. The van der Waals surface area contributed by atoms with Crippen molar-refractivity contribution in [3.05, 3.63) is 0 Å². The molecule has 3 fully saturated rings. The molecule has 0 aromatic carbocycles. The average molecular weight is 328 g/mol. The van der Waals surface area contributed by atoms with Crippen molar-refractivity contribution in [1.82, 2.24) is 4.72 Å². The van der Waals surface area contributed by atoms with Crippen molar-refractivity contribution >= 4 is 15.8 Å². The maximum Gasteiger partial charge on any atom is 0.212 e. The van der Waals surface area contributed by atoms with Gasteiger partial charge in [0.1, 0.15) is 5.78 Å². The minimum absolute atomic E-state index is 0.0639. The van der Waals surface area contributed by atoms with E-state index in [4.69, 9.17) is 5.73 Å². The van der Waals surface area contributed by atoms with Gasteiger partial charge in [-0.1, -0.05) is 26.7 Å². The molecule has 3 aliphatic rings. The second-order valence-electron chi connectivity index (χ2n) is 8.10. The SMILES string of the molecule is CC1(C)[C@@H]2CC[C@@]1(CS(=O)(=O)N[C@@H]1CCCC[C@H]1N)C(=O)C2. The Bertz CT molecular complexity index is 572. The molecule has 3 rings (SSSR count). The molecule has 0 radical (unpaired) electrons. The highest BCUT2D eigenvalue weighted by Gasteiger charge is 2.65. The lowest BCUT2D eigenvalue weighted by molar-refractivity contribution is -0.128. The van der Waals surface area contributed by atoms with E-state index < -0.39 is 15.4 Å². The number of sulfonamides is 1. The van der Waals surface area contributed by atoms with E-state index in [0.29, 0.717) is 18.8 Å². The summed E-state index contributed by atoms with van der Waals surface area (Å²) in [6.07, 6.45) is 5.97. The third-order valence-electron chi connectivity index (χ3n) is 6.73. The van der Waals surface area contributed by atoms with Crippen LogP contribution in [0.15, 0.2) is 0 Å². The number of carbonyl (C=O) groups is 1. The van der Waals surface area contributed by atoms with Crippen molar-refractivity contribution in [2.45, 2.75) is 70.9 Å². The van der Waals surface area contributed by atoms with Gasteiger partial charge in [-0.05, 0) is 37.0 Å². The normalized spacial score (nSPS) is 41.0. The van der Waals surface area contributed by atoms with E-state index in [9.17, 15) is 13.2 Å². The number of nitrogens with one attached hydrogen (secondary N) is 1. The van der Waals surface area contributed by atoms with Crippen LogP contribution in [0.25, 0.3) is 0 Å². The van der Waals surface area contributed by atoms with Gasteiger partial charge >= 0.3 is 0 Å². The summed E-state index contributed by atoms with van der Waals surface area (Å²) in [5.74, 6) is 0.421. The molecule has 3 saturated carbocycles. The molecule has 0 unspecified atom stereocenters. The van der Waals surface area contributed by atoms with Gasteiger partial charge in [-0.25, -0.2) is 13.1 Å². The highest BCUT2D eigenvalue weighted by Crippen LogP contribution is 2.64. The topological polar surface area (TPSA) is 89.3 Å². The van der Waals surface area contributed by atoms with Crippen LogP contribution in [0.3, 0.4) is 0 Å². The summed E-state index contributed by atoms with van der Waals surface area (Å²) >= 11 is 0. The molecule has 126 valence electrons. The molecular weight excluding hydrogens is 300 g/mol. The Morgan fingerprint density at radius 3 is 2.45 bits per heavy atom. The Balaban J connectivity index is 1.78. The molecule has 0 amide bonds. The van der Waals surface area contributed by atoms with Crippen LogP contribution in [-0.2, 0) is 14.8 Å². The number of ketones is 1. The molecule has 22 heavy (non-hydrogen) atoms. The Hall–Kier alpha value is -0.460. The van der Waals surface area contributed by atoms with Crippen LogP contribution in [0.5, 0.6) is 0 Å². The Morgan fingerprint density at radius 2 is 1.91 bits per heavy atom. The van der Waals surface area contributed by atoms with Crippen LogP contribution >= 0.6 is 0 Å². The zero-order chi connectivity index (χ0) is 16.2. The van der Waals surface area contributed by atoms with Crippen LogP contribution in [0, 0.1) is 16.7 Å². The number of hydrogen-bond acceptors (Lipinski definition) is 4. The number of rotatable bonds is 4. The van der Waals surface area contributed by atoms with E-state index in [2.05, 4.69) is 18.6 Å². The highest BCUT2D eigenvalue weighted by atomic mass is 32.2. The lowest BCUT2D eigenvalue weighted by Crippen LogP contribution is -2.53. The summed E-state index contributed by atoms with van der Waals surface area (Å²) in [5, 5.41) is 0.